The number of nitrogens with two attached hydrogens (primary N) is 1. The van der Waals surface area contributed by atoms with Gasteiger partial charge in [0.1, 0.15) is 0 Å². The fraction of sp³-hybridized carbons (Fsp3) is 0.786. The van der Waals surface area contributed by atoms with Crippen molar-refractivity contribution in [3.8, 4) is 0 Å². The van der Waals surface area contributed by atoms with Crippen LogP contribution >= 0.6 is 11.3 Å². The van der Waals surface area contributed by atoms with E-state index in [2.05, 4.69) is 13.8 Å². The maximum absolute atomic E-state index is 5.85. The zero-order valence-electron chi connectivity index (χ0n) is 10.8. The van der Waals surface area contributed by atoms with Crippen LogP contribution in [0.4, 0.5) is 0 Å². The molecule has 1 aromatic heterocycles. The van der Waals surface area contributed by atoms with Crippen LogP contribution < -0.4 is 5.73 Å². The van der Waals surface area contributed by atoms with Crippen molar-refractivity contribution in [3.63, 3.8) is 0 Å². The summed E-state index contributed by atoms with van der Waals surface area (Å²) in [7, 11) is 0. The Bertz CT molecular complexity index is 410. The van der Waals surface area contributed by atoms with Gasteiger partial charge in [-0.1, -0.05) is 20.3 Å². The lowest BCUT2D eigenvalue weighted by Gasteiger charge is -2.19. The number of aromatic nitrogens is 1. The van der Waals surface area contributed by atoms with Crippen molar-refractivity contribution in [1.82, 2.24) is 4.98 Å². The van der Waals surface area contributed by atoms with Crippen molar-refractivity contribution in [3.05, 3.63) is 15.6 Å². The van der Waals surface area contributed by atoms with Gasteiger partial charge in [-0.3, -0.25) is 0 Å². The minimum Gasteiger partial charge on any atom is -0.326 e. The fourth-order valence-electron chi connectivity index (χ4n) is 3.69. The molecular formula is C14H22N2S. The standard InChI is InChI=1S/C14H22N2S/c1-8(2)13-12(7-15)17-14(16-13)11-6-9-3-4-10(11)5-9/h8-11H,3-7,15H2,1-2H3. The van der Waals surface area contributed by atoms with Crippen LogP contribution in [0.1, 0.15) is 66.9 Å². The van der Waals surface area contributed by atoms with E-state index in [1.807, 2.05) is 11.3 Å². The van der Waals surface area contributed by atoms with E-state index in [0.29, 0.717) is 12.5 Å². The molecule has 17 heavy (non-hydrogen) atoms. The lowest BCUT2D eigenvalue weighted by atomic mass is 9.89. The third kappa shape index (κ3) is 1.93. The predicted octanol–water partition coefficient (Wildman–Crippen LogP) is 3.63. The van der Waals surface area contributed by atoms with Gasteiger partial charge in [0.2, 0.25) is 0 Å². The summed E-state index contributed by atoms with van der Waals surface area (Å²) in [4.78, 5) is 6.24. The molecule has 0 aromatic carbocycles. The number of rotatable bonds is 3. The molecule has 2 fully saturated rings. The highest BCUT2D eigenvalue weighted by atomic mass is 32.1. The molecule has 94 valence electrons. The van der Waals surface area contributed by atoms with Crippen molar-refractivity contribution in [2.75, 3.05) is 0 Å². The van der Waals surface area contributed by atoms with Crippen LogP contribution in [0.5, 0.6) is 0 Å². The van der Waals surface area contributed by atoms with E-state index < -0.39 is 0 Å². The van der Waals surface area contributed by atoms with Crippen LogP contribution in [0, 0.1) is 11.8 Å². The summed E-state index contributed by atoms with van der Waals surface area (Å²) in [6, 6.07) is 0. The van der Waals surface area contributed by atoms with Crippen molar-refractivity contribution < 1.29 is 0 Å². The Balaban J connectivity index is 1.88. The number of hydrogen-bond donors (Lipinski definition) is 1. The number of fused-ring (bicyclic) bond motifs is 2. The molecule has 0 aliphatic heterocycles. The average Bonchev–Trinajstić information content (AvgIpc) is 3.02. The van der Waals surface area contributed by atoms with Crippen LogP contribution in [0.25, 0.3) is 0 Å². The molecule has 0 amide bonds. The minimum atomic E-state index is 0.511. The molecule has 3 rings (SSSR count). The number of hydrogen-bond acceptors (Lipinski definition) is 3. The molecule has 0 spiro atoms. The second-order valence-electron chi connectivity index (χ2n) is 6.00. The first-order valence-electron chi connectivity index (χ1n) is 6.88. The highest BCUT2D eigenvalue weighted by Gasteiger charge is 2.41. The lowest BCUT2D eigenvalue weighted by Crippen LogP contribution is -2.08. The molecule has 2 saturated carbocycles. The maximum Gasteiger partial charge on any atom is 0.0965 e. The summed E-state index contributed by atoms with van der Waals surface area (Å²) in [5.41, 5.74) is 7.11. The molecule has 1 heterocycles. The number of nitrogens with zero attached hydrogens (tertiary/aromatic N) is 1. The molecule has 0 radical (unpaired) electrons. The molecule has 2 aliphatic rings. The topological polar surface area (TPSA) is 38.9 Å². The van der Waals surface area contributed by atoms with E-state index in [1.165, 1.54) is 41.3 Å². The second kappa shape index (κ2) is 4.36. The van der Waals surface area contributed by atoms with E-state index in [1.54, 1.807) is 0 Å². The van der Waals surface area contributed by atoms with Crippen molar-refractivity contribution in [2.45, 2.75) is 57.9 Å². The molecular weight excluding hydrogens is 228 g/mol. The van der Waals surface area contributed by atoms with Gasteiger partial charge in [-0.25, -0.2) is 4.98 Å². The molecule has 2 nitrogen and oxygen atoms in total. The van der Waals surface area contributed by atoms with Crippen LogP contribution in [0.2, 0.25) is 0 Å². The van der Waals surface area contributed by atoms with Gasteiger partial charge in [0.25, 0.3) is 0 Å². The highest BCUT2D eigenvalue weighted by molar-refractivity contribution is 7.11. The Morgan fingerprint density at radius 2 is 2.18 bits per heavy atom. The smallest absolute Gasteiger partial charge is 0.0965 e. The van der Waals surface area contributed by atoms with E-state index in [-0.39, 0.29) is 0 Å². The van der Waals surface area contributed by atoms with Gasteiger partial charge in [-0.2, -0.15) is 0 Å². The fourth-order valence-corrected chi connectivity index (χ4v) is 4.99. The molecule has 2 aliphatic carbocycles. The van der Waals surface area contributed by atoms with E-state index in [9.17, 15) is 0 Å². The molecule has 0 saturated heterocycles. The molecule has 3 unspecified atom stereocenters. The summed E-state index contributed by atoms with van der Waals surface area (Å²) in [6.45, 7) is 5.10. The first-order chi connectivity index (χ1) is 8.19. The normalized spacial score (nSPS) is 31.6. The average molecular weight is 250 g/mol. The van der Waals surface area contributed by atoms with Gasteiger partial charge in [0.05, 0.1) is 10.7 Å². The molecule has 1 aromatic rings. The lowest BCUT2D eigenvalue weighted by molar-refractivity contribution is 0.418. The maximum atomic E-state index is 5.85. The zero-order valence-corrected chi connectivity index (χ0v) is 11.6. The predicted molar refractivity (Wildman–Crippen MR) is 72.3 cm³/mol. The zero-order chi connectivity index (χ0) is 12.0. The van der Waals surface area contributed by atoms with Gasteiger partial charge >= 0.3 is 0 Å². The van der Waals surface area contributed by atoms with Crippen LogP contribution in [0.3, 0.4) is 0 Å². The van der Waals surface area contributed by atoms with E-state index in [0.717, 1.165) is 17.8 Å². The first kappa shape index (κ1) is 11.7. The second-order valence-corrected chi connectivity index (χ2v) is 7.12. The van der Waals surface area contributed by atoms with E-state index >= 15 is 0 Å². The molecule has 2 N–H and O–H groups in total. The quantitative estimate of drug-likeness (QED) is 0.889. The van der Waals surface area contributed by atoms with Crippen molar-refractivity contribution >= 4 is 11.3 Å². The van der Waals surface area contributed by atoms with Crippen molar-refractivity contribution in [2.24, 2.45) is 17.6 Å². The largest absolute Gasteiger partial charge is 0.326 e. The summed E-state index contributed by atoms with van der Waals surface area (Å²) >= 11 is 1.89. The van der Waals surface area contributed by atoms with E-state index in [4.69, 9.17) is 10.7 Å². The monoisotopic (exact) mass is 250 g/mol. The van der Waals surface area contributed by atoms with Gasteiger partial charge in [-0.15, -0.1) is 11.3 Å². The molecule has 3 heteroatoms. The molecule has 3 atom stereocenters. The summed E-state index contributed by atoms with van der Waals surface area (Å²) < 4.78 is 0. The Kier molecular flexibility index (Phi) is 2.99. The van der Waals surface area contributed by atoms with Gasteiger partial charge in [0.15, 0.2) is 0 Å². The van der Waals surface area contributed by atoms with Crippen molar-refractivity contribution in [1.29, 1.82) is 0 Å². The summed E-state index contributed by atoms with van der Waals surface area (Å²) in [5, 5.41) is 1.39. The van der Waals surface area contributed by atoms with Crippen LogP contribution in [-0.4, -0.2) is 4.98 Å². The van der Waals surface area contributed by atoms with Gasteiger partial charge in [0, 0.05) is 17.3 Å². The Morgan fingerprint density at radius 3 is 2.65 bits per heavy atom. The third-order valence-electron chi connectivity index (χ3n) is 4.53. The Labute approximate surface area is 108 Å². The Hall–Kier alpha value is -0.410. The number of thiazole rings is 1. The van der Waals surface area contributed by atoms with Crippen LogP contribution in [-0.2, 0) is 6.54 Å². The molecule has 2 bridgehead atoms. The first-order valence-corrected chi connectivity index (χ1v) is 7.70. The SMILES string of the molecule is CC(C)c1nc(C2CC3CCC2C3)sc1CN. The minimum absolute atomic E-state index is 0.511. The van der Waals surface area contributed by atoms with Gasteiger partial charge in [-0.05, 0) is 37.0 Å². The third-order valence-corrected chi connectivity index (χ3v) is 5.76. The highest BCUT2D eigenvalue weighted by Crippen LogP contribution is 2.53. The van der Waals surface area contributed by atoms with Crippen LogP contribution in [0.15, 0.2) is 0 Å². The van der Waals surface area contributed by atoms with Gasteiger partial charge < -0.3 is 5.73 Å². The summed E-state index contributed by atoms with van der Waals surface area (Å²) in [6.07, 6.45) is 5.75. The Morgan fingerprint density at radius 1 is 1.35 bits per heavy atom. The summed E-state index contributed by atoms with van der Waals surface area (Å²) in [5.74, 6) is 3.20.